The topological polar surface area (TPSA) is 43.1 Å². The Labute approximate surface area is 143 Å². The predicted octanol–water partition coefficient (Wildman–Crippen LogP) is 4.66. The van der Waals surface area contributed by atoms with Crippen molar-refractivity contribution in [2.24, 2.45) is 0 Å². The highest BCUT2D eigenvalue weighted by Gasteiger charge is 2.19. The van der Waals surface area contributed by atoms with Crippen LogP contribution in [0.4, 0.5) is 4.39 Å². The van der Waals surface area contributed by atoms with Crippen molar-refractivity contribution < 1.29 is 4.39 Å². The van der Waals surface area contributed by atoms with Crippen molar-refractivity contribution in [2.45, 2.75) is 20.8 Å². The van der Waals surface area contributed by atoms with E-state index in [-0.39, 0.29) is 5.52 Å². The summed E-state index contributed by atoms with van der Waals surface area (Å²) in [6, 6.07) is 6.82. The fourth-order valence-electron chi connectivity index (χ4n) is 3.14. The molecule has 0 atom stereocenters. The van der Waals surface area contributed by atoms with Gasteiger partial charge in [0.25, 0.3) is 0 Å². The number of rotatable bonds is 1. The lowest BCUT2D eigenvalue weighted by atomic mass is 10.2. The van der Waals surface area contributed by atoms with Crippen LogP contribution in [0.1, 0.15) is 17.1 Å². The van der Waals surface area contributed by atoms with Crippen LogP contribution in [-0.2, 0) is 0 Å². The number of aromatic nitrogens is 4. The zero-order chi connectivity index (χ0) is 17.0. The van der Waals surface area contributed by atoms with Crippen molar-refractivity contribution in [1.82, 2.24) is 19.4 Å². The summed E-state index contributed by atoms with van der Waals surface area (Å²) in [5, 5.41) is 0.326. The molecule has 0 saturated heterocycles. The number of hydrogen-bond acceptors (Lipinski definition) is 3. The van der Waals surface area contributed by atoms with Crippen LogP contribution in [0.3, 0.4) is 0 Å². The van der Waals surface area contributed by atoms with Gasteiger partial charge >= 0.3 is 0 Å². The van der Waals surface area contributed by atoms with Crippen molar-refractivity contribution in [3.8, 4) is 11.4 Å². The Hall–Kier alpha value is -2.53. The smallest absolute Gasteiger partial charge is 0.152 e. The number of aryl methyl sites for hydroxylation is 3. The molecule has 24 heavy (non-hydrogen) atoms. The van der Waals surface area contributed by atoms with Crippen molar-refractivity contribution in [2.75, 3.05) is 0 Å². The first-order valence-corrected chi connectivity index (χ1v) is 7.91. The lowest BCUT2D eigenvalue weighted by Crippen LogP contribution is -2.00. The van der Waals surface area contributed by atoms with Gasteiger partial charge < -0.3 is 0 Å². The molecule has 0 unspecified atom stereocenters. The van der Waals surface area contributed by atoms with E-state index in [0.29, 0.717) is 16.4 Å². The molecule has 3 aromatic heterocycles. The molecule has 0 N–H and O–H groups in total. The van der Waals surface area contributed by atoms with Crippen LogP contribution in [-0.4, -0.2) is 19.4 Å². The summed E-state index contributed by atoms with van der Waals surface area (Å²) in [6.45, 7) is 5.71. The second kappa shape index (κ2) is 5.24. The normalized spacial score (nSPS) is 11.5. The quantitative estimate of drug-likeness (QED) is 0.506. The highest BCUT2D eigenvalue weighted by atomic mass is 35.5. The van der Waals surface area contributed by atoms with E-state index in [1.54, 1.807) is 12.3 Å². The maximum absolute atomic E-state index is 14.4. The van der Waals surface area contributed by atoms with Crippen molar-refractivity contribution in [3.63, 3.8) is 0 Å². The standard InChI is InChI=1S/C18H14ClFN4/c1-9-13(5-4-6-21-9)18-23-11(3)17-10(2)22-16-14(20)7-12(19)8-15(16)24(17)18/h4-8H,1-3H3. The van der Waals surface area contributed by atoms with E-state index in [0.717, 1.165) is 28.2 Å². The van der Waals surface area contributed by atoms with E-state index in [4.69, 9.17) is 16.6 Å². The van der Waals surface area contributed by atoms with Gasteiger partial charge in [-0.25, -0.2) is 14.4 Å². The Balaban J connectivity index is 2.26. The average molecular weight is 341 g/mol. The third-order valence-corrected chi connectivity index (χ3v) is 4.39. The molecule has 0 bridgehead atoms. The average Bonchev–Trinajstić information content (AvgIpc) is 2.87. The largest absolute Gasteiger partial charge is 0.288 e. The minimum atomic E-state index is -0.442. The molecule has 4 nitrogen and oxygen atoms in total. The molecule has 0 amide bonds. The molecule has 0 spiro atoms. The molecule has 0 aliphatic heterocycles. The van der Waals surface area contributed by atoms with Crippen LogP contribution in [0.5, 0.6) is 0 Å². The van der Waals surface area contributed by atoms with Gasteiger partial charge in [-0.2, -0.15) is 0 Å². The molecular formula is C18H14ClFN4. The third-order valence-electron chi connectivity index (χ3n) is 4.17. The van der Waals surface area contributed by atoms with Crippen LogP contribution < -0.4 is 0 Å². The summed E-state index contributed by atoms with van der Waals surface area (Å²) in [4.78, 5) is 13.5. The molecule has 0 aliphatic rings. The first-order valence-electron chi connectivity index (χ1n) is 7.54. The van der Waals surface area contributed by atoms with Gasteiger partial charge in [0.1, 0.15) is 11.3 Å². The lowest BCUT2D eigenvalue weighted by molar-refractivity contribution is 0.636. The molecule has 4 rings (SSSR count). The number of benzene rings is 1. The van der Waals surface area contributed by atoms with Crippen molar-refractivity contribution in [1.29, 1.82) is 0 Å². The van der Waals surface area contributed by atoms with Gasteiger partial charge in [0.15, 0.2) is 5.82 Å². The van der Waals surface area contributed by atoms with Gasteiger partial charge in [0.2, 0.25) is 0 Å². The van der Waals surface area contributed by atoms with E-state index < -0.39 is 5.82 Å². The molecule has 0 aliphatic carbocycles. The maximum atomic E-state index is 14.4. The van der Waals surface area contributed by atoms with E-state index in [1.807, 2.05) is 37.3 Å². The number of hydrogen-bond donors (Lipinski definition) is 0. The summed E-state index contributed by atoms with van der Waals surface area (Å²) in [7, 11) is 0. The first-order chi connectivity index (χ1) is 11.5. The Bertz CT molecular complexity index is 1120. The summed E-state index contributed by atoms with van der Waals surface area (Å²) in [5.74, 6) is 0.271. The number of nitrogens with zero attached hydrogens (tertiary/aromatic N) is 4. The minimum Gasteiger partial charge on any atom is -0.288 e. The summed E-state index contributed by atoms with van der Waals surface area (Å²) >= 11 is 6.09. The zero-order valence-electron chi connectivity index (χ0n) is 13.4. The molecule has 6 heteroatoms. The Kier molecular flexibility index (Phi) is 3.28. The van der Waals surface area contributed by atoms with E-state index in [2.05, 4.69) is 9.97 Å². The van der Waals surface area contributed by atoms with Crippen molar-refractivity contribution in [3.05, 3.63) is 58.4 Å². The molecule has 0 saturated carbocycles. The van der Waals surface area contributed by atoms with Gasteiger partial charge in [-0.15, -0.1) is 0 Å². The van der Waals surface area contributed by atoms with Gasteiger partial charge in [-0.1, -0.05) is 11.6 Å². The van der Waals surface area contributed by atoms with E-state index >= 15 is 0 Å². The Morgan fingerprint density at radius 3 is 2.54 bits per heavy atom. The summed E-state index contributed by atoms with van der Waals surface area (Å²) < 4.78 is 16.3. The monoisotopic (exact) mass is 340 g/mol. The molecule has 0 fully saturated rings. The molecule has 4 aromatic rings. The lowest BCUT2D eigenvalue weighted by Gasteiger charge is -2.10. The SMILES string of the molecule is Cc1ncccc1-c1nc(C)c2c(C)nc3c(F)cc(Cl)cc3n12. The third kappa shape index (κ3) is 2.08. The summed E-state index contributed by atoms with van der Waals surface area (Å²) in [5.41, 5.74) is 5.05. The number of halogens is 2. The fourth-order valence-corrected chi connectivity index (χ4v) is 3.34. The number of fused-ring (bicyclic) bond motifs is 3. The summed E-state index contributed by atoms with van der Waals surface area (Å²) in [6.07, 6.45) is 1.74. The molecule has 3 heterocycles. The Morgan fingerprint density at radius 1 is 1.04 bits per heavy atom. The zero-order valence-corrected chi connectivity index (χ0v) is 14.2. The number of pyridine rings is 1. The number of imidazole rings is 1. The van der Waals surface area contributed by atoms with Crippen LogP contribution in [0.15, 0.2) is 30.5 Å². The molecule has 1 aromatic carbocycles. The maximum Gasteiger partial charge on any atom is 0.152 e. The highest BCUT2D eigenvalue weighted by molar-refractivity contribution is 6.31. The first kappa shape index (κ1) is 15.0. The second-order valence-electron chi connectivity index (χ2n) is 5.79. The van der Waals surface area contributed by atoms with Gasteiger partial charge in [-0.3, -0.25) is 9.38 Å². The molecule has 120 valence electrons. The van der Waals surface area contributed by atoms with E-state index in [9.17, 15) is 4.39 Å². The predicted molar refractivity (Wildman–Crippen MR) is 92.9 cm³/mol. The second-order valence-corrected chi connectivity index (χ2v) is 6.23. The van der Waals surface area contributed by atoms with Gasteiger partial charge in [0.05, 0.1) is 22.4 Å². The van der Waals surface area contributed by atoms with Crippen LogP contribution in [0.25, 0.3) is 27.9 Å². The highest BCUT2D eigenvalue weighted by Crippen LogP contribution is 2.31. The van der Waals surface area contributed by atoms with Crippen LogP contribution >= 0.6 is 11.6 Å². The van der Waals surface area contributed by atoms with Crippen LogP contribution in [0.2, 0.25) is 5.02 Å². The Morgan fingerprint density at radius 2 is 1.79 bits per heavy atom. The molecular weight excluding hydrogens is 327 g/mol. The van der Waals surface area contributed by atoms with Crippen LogP contribution in [0, 0.1) is 26.6 Å². The fraction of sp³-hybridized carbons (Fsp3) is 0.167. The molecule has 0 radical (unpaired) electrons. The van der Waals surface area contributed by atoms with Crippen molar-refractivity contribution >= 4 is 28.2 Å². The van der Waals surface area contributed by atoms with Gasteiger partial charge in [-0.05, 0) is 45.0 Å². The van der Waals surface area contributed by atoms with Gasteiger partial charge in [0, 0.05) is 22.5 Å². The van der Waals surface area contributed by atoms with E-state index in [1.165, 1.54) is 6.07 Å². The minimum absolute atomic E-state index is 0.282.